The van der Waals surface area contributed by atoms with E-state index in [9.17, 15) is 5.11 Å². The lowest BCUT2D eigenvalue weighted by Crippen LogP contribution is -2.47. The van der Waals surface area contributed by atoms with Crippen LogP contribution in [0.3, 0.4) is 0 Å². The summed E-state index contributed by atoms with van der Waals surface area (Å²) >= 11 is 5.97. The minimum Gasteiger partial charge on any atom is -0.396 e. The molecule has 0 atom stereocenters. The minimum atomic E-state index is -0.350. The molecule has 2 rings (SSSR count). The van der Waals surface area contributed by atoms with Crippen molar-refractivity contribution in [3.05, 3.63) is 23.2 Å². The summed E-state index contributed by atoms with van der Waals surface area (Å²) in [6.45, 7) is 1.35. The fourth-order valence-corrected chi connectivity index (χ4v) is 2.19. The molecule has 1 aromatic carbocycles. The minimum absolute atomic E-state index is 0.0579. The van der Waals surface area contributed by atoms with E-state index >= 15 is 0 Å². The summed E-state index contributed by atoms with van der Waals surface area (Å²) in [5, 5.41) is 13.4. The largest absolute Gasteiger partial charge is 0.396 e. The van der Waals surface area contributed by atoms with Crippen molar-refractivity contribution in [2.45, 2.75) is 18.4 Å². The molecule has 1 aliphatic rings. The standard InChI is InChI=1S/C12H17ClN2O2/c13-9-2-1-3-10(11(9)14)15-12(8-16)4-6-17-7-5-12/h1-3,15-16H,4-8,14H2. The maximum absolute atomic E-state index is 9.57. The topological polar surface area (TPSA) is 67.5 Å². The van der Waals surface area contributed by atoms with Crippen LogP contribution < -0.4 is 11.1 Å². The van der Waals surface area contributed by atoms with Crippen molar-refractivity contribution >= 4 is 23.0 Å². The van der Waals surface area contributed by atoms with E-state index in [2.05, 4.69) is 5.32 Å². The van der Waals surface area contributed by atoms with E-state index in [1.807, 2.05) is 12.1 Å². The van der Waals surface area contributed by atoms with Crippen LogP contribution in [0, 0.1) is 0 Å². The molecular weight excluding hydrogens is 240 g/mol. The highest BCUT2D eigenvalue weighted by molar-refractivity contribution is 6.33. The van der Waals surface area contributed by atoms with Gasteiger partial charge in [-0.15, -0.1) is 0 Å². The zero-order valence-corrected chi connectivity index (χ0v) is 10.3. The molecule has 1 aromatic rings. The Labute approximate surface area is 106 Å². The van der Waals surface area contributed by atoms with Crippen LogP contribution >= 0.6 is 11.6 Å². The van der Waals surface area contributed by atoms with E-state index in [-0.39, 0.29) is 12.1 Å². The number of nitrogens with one attached hydrogen (secondary N) is 1. The highest BCUT2D eigenvalue weighted by Crippen LogP contribution is 2.32. The van der Waals surface area contributed by atoms with Crippen LogP contribution in [0.4, 0.5) is 11.4 Å². The Hall–Kier alpha value is -0.970. The summed E-state index contributed by atoms with van der Waals surface area (Å²) in [6, 6.07) is 5.46. The zero-order chi connectivity index (χ0) is 12.3. The van der Waals surface area contributed by atoms with E-state index < -0.39 is 0 Å². The van der Waals surface area contributed by atoms with Crippen molar-refractivity contribution in [3.63, 3.8) is 0 Å². The van der Waals surface area contributed by atoms with Gasteiger partial charge in [-0.3, -0.25) is 0 Å². The van der Waals surface area contributed by atoms with Gasteiger partial charge in [-0.05, 0) is 25.0 Å². The Kier molecular flexibility index (Phi) is 3.76. The molecule has 17 heavy (non-hydrogen) atoms. The van der Waals surface area contributed by atoms with Crippen LogP contribution in [0.1, 0.15) is 12.8 Å². The smallest absolute Gasteiger partial charge is 0.0739 e. The third-order valence-corrected chi connectivity index (χ3v) is 3.53. The molecule has 0 saturated carbocycles. The molecule has 0 radical (unpaired) electrons. The molecule has 0 unspecified atom stereocenters. The Balaban J connectivity index is 2.20. The van der Waals surface area contributed by atoms with Crippen LogP contribution in [0.2, 0.25) is 5.02 Å². The van der Waals surface area contributed by atoms with Crippen LogP contribution in [-0.4, -0.2) is 30.5 Å². The lowest BCUT2D eigenvalue weighted by Gasteiger charge is -2.37. The first-order valence-corrected chi connectivity index (χ1v) is 6.05. The van der Waals surface area contributed by atoms with E-state index in [1.165, 1.54) is 0 Å². The van der Waals surface area contributed by atoms with Gasteiger partial charge in [-0.2, -0.15) is 0 Å². The molecular formula is C12H17ClN2O2. The fraction of sp³-hybridized carbons (Fsp3) is 0.500. The molecule has 4 N–H and O–H groups in total. The van der Waals surface area contributed by atoms with Crippen LogP contribution in [0.5, 0.6) is 0 Å². The molecule has 0 spiro atoms. The molecule has 1 heterocycles. The van der Waals surface area contributed by atoms with Gasteiger partial charge in [0.1, 0.15) is 0 Å². The molecule has 1 fully saturated rings. The monoisotopic (exact) mass is 256 g/mol. The SMILES string of the molecule is Nc1c(Cl)cccc1NC1(CO)CCOCC1. The van der Waals surface area contributed by atoms with Crippen LogP contribution in [0.15, 0.2) is 18.2 Å². The number of nitrogens with two attached hydrogens (primary N) is 1. The summed E-state index contributed by atoms with van der Waals surface area (Å²) in [4.78, 5) is 0. The number of anilines is 2. The number of hydrogen-bond donors (Lipinski definition) is 3. The predicted molar refractivity (Wildman–Crippen MR) is 69.4 cm³/mol. The Bertz CT molecular complexity index is 392. The highest BCUT2D eigenvalue weighted by atomic mass is 35.5. The quantitative estimate of drug-likeness (QED) is 0.723. The zero-order valence-electron chi connectivity index (χ0n) is 9.58. The van der Waals surface area contributed by atoms with Gasteiger partial charge < -0.3 is 20.9 Å². The first-order chi connectivity index (χ1) is 8.17. The van der Waals surface area contributed by atoms with Crippen molar-refractivity contribution in [1.82, 2.24) is 0 Å². The number of halogens is 1. The third-order valence-electron chi connectivity index (χ3n) is 3.21. The van der Waals surface area contributed by atoms with Gasteiger partial charge in [-0.25, -0.2) is 0 Å². The summed E-state index contributed by atoms with van der Waals surface area (Å²) in [5.41, 5.74) is 6.85. The van der Waals surface area contributed by atoms with Gasteiger partial charge in [0.15, 0.2) is 0 Å². The van der Waals surface area contributed by atoms with Crippen LogP contribution in [-0.2, 0) is 4.74 Å². The Morgan fingerprint density at radius 1 is 1.41 bits per heavy atom. The van der Waals surface area contributed by atoms with Crippen LogP contribution in [0.25, 0.3) is 0 Å². The average Bonchev–Trinajstić information content (AvgIpc) is 2.36. The number of ether oxygens (including phenoxy) is 1. The van der Waals surface area contributed by atoms with Crippen molar-refractivity contribution in [2.75, 3.05) is 30.9 Å². The highest BCUT2D eigenvalue weighted by Gasteiger charge is 2.32. The van der Waals surface area contributed by atoms with Gasteiger partial charge in [0.05, 0.1) is 28.5 Å². The molecule has 1 aliphatic heterocycles. The van der Waals surface area contributed by atoms with Gasteiger partial charge in [0.2, 0.25) is 0 Å². The number of benzene rings is 1. The van der Waals surface area contributed by atoms with E-state index in [0.29, 0.717) is 23.9 Å². The molecule has 0 aromatic heterocycles. The van der Waals surface area contributed by atoms with E-state index in [4.69, 9.17) is 22.1 Å². The molecule has 0 amide bonds. The number of para-hydroxylation sites is 1. The van der Waals surface area contributed by atoms with Gasteiger partial charge in [0, 0.05) is 13.2 Å². The fourth-order valence-electron chi connectivity index (χ4n) is 2.02. The second-order valence-corrected chi connectivity index (χ2v) is 4.78. The first-order valence-electron chi connectivity index (χ1n) is 5.68. The molecule has 0 aliphatic carbocycles. The molecule has 1 saturated heterocycles. The number of nitrogen functional groups attached to an aromatic ring is 1. The number of rotatable bonds is 3. The molecule has 94 valence electrons. The van der Waals surface area contributed by atoms with Gasteiger partial charge in [-0.1, -0.05) is 17.7 Å². The lowest BCUT2D eigenvalue weighted by atomic mass is 9.90. The van der Waals surface area contributed by atoms with E-state index in [1.54, 1.807) is 6.07 Å². The molecule has 0 bridgehead atoms. The summed E-state index contributed by atoms with van der Waals surface area (Å²) in [7, 11) is 0. The van der Waals surface area contributed by atoms with Crippen molar-refractivity contribution in [2.24, 2.45) is 0 Å². The van der Waals surface area contributed by atoms with Gasteiger partial charge >= 0.3 is 0 Å². The third kappa shape index (κ3) is 2.65. The maximum atomic E-state index is 9.57. The summed E-state index contributed by atoms with van der Waals surface area (Å²) in [6.07, 6.45) is 1.52. The predicted octanol–water partition coefficient (Wildman–Crippen LogP) is 1.88. The molecule has 4 nitrogen and oxygen atoms in total. The Morgan fingerprint density at radius 2 is 2.12 bits per heavy atom. The van der Waals surface area contributed by atoms with Crippen molar-refractivity contribution < 1.29 is 9.84 Å². The molecule has 5 heteroatoms. The van der Waals surface area contributed by atoms with E-state index in [0.717, 1.165) is 18.5 Å². The summed E-state index contributed by atoms with van der Waals surface area (Å²) < 4.78 is 5.31. The number of aliphatic hydroxyl groups excluding tert-OH is 1. The normalized spacial score (nSPS) is 18.9. The second kappa shape index (κ2) is 5.12. The Morgan fingerprint density at radius 3 is 2.76 bits per heavy atom. The summed E-state index contributed by atoms with van der Waals surface area (Å²) in [5.74, 6) is 0. The second-order valence-electron chi connectivity index (χ2n) is 4.38. The average molecular weight is 257 g/mol. The lowest BCUT2D eigenvalue weighted by molar-refractivity contribution is 0.0380. The maximum Gasteiger partial charge on any atom is 0.0739 e. The van der Waals surface area contributed by atoms with Gasteiger partial charge in [0.25, 0.3) is 0 Å². The number of aliphatic hydroxyl groups is 1. The number of hydrogen-bond acceptors (Lipinski definition) is 4. The van der Waals surface area contributed by atoms with Crippen molar-refractivity contribution in [3.8, 4) is 0 Å². The van der Waals surface area contributed by atoms with Crippen molar-refractivity contribution in [1.29, 1.82) is 0 Å². The first kappa shape index (κ1) is 12.5.